The molecule has 0 saturated carbocycles. The first-order chi connectivity index (χ1) is 10.0. The van der Waals surface area contributed by atoms with Crippen molar-refractivity contribution in [3.05, 3.63) is 57.0 Å². The molecule has 1 aliphatic rings. The normalized spacial score (nSPS) is 14.9. The highest BCUT2D eigenvalue weighted by Crippen LogP contribution is 2.38. The Hall–Kier alpha value is -1.23. The molecule has 0 fully saturated rings. The van der Waals surface area contributed by atoms with Crippen LogP contribution >= 0.6 is 39.1 Å². The summed E-state index contributed by atoms with van der Waals surface area (Å²) >= 11 is 16.0. The summed E-state index contributed by atoms with van der Waals surface area (Å²) in [6, 6.07) is 11.0. The molecule has 1 aliphatic heterocycles. The Labute approximate surface area is 140 Å². The van der Waals surface area contributed by atoms with Gasteiger partial charge in [0.05, 0.1) is 11.1 Å². The van der Waals surface area contributed by atoms with Crippen molar-refractivity contribution in [2.75, 3.05) is 11.9 Å². The van der Waals surface area contributed by atoms with Crippen LogP contribution in [-0.4, -0.2) is 12.5 Å². The van der Waals surface area contributed by atoms with E-state index in [2.05, 4.69) is 21.2 Å². The second-order valence-corrected chi connectivity index (χ2v) is 6.35. The van der Waals surface area contributed by atoms with E-state index in [4.69, 9.17) is 27.9 Å². The Morgan fingerprint density at radius 2 is 2.05 bits per heavy atom. The summed E-state index contributed by atoms with van der Waals surface area (Å²) < 4.78 is 6.21. The maximum atomic E-state index is 11.4. The monoisotopic (exact) mass is 385 g/mol. The van der Waals surface area contributed by atoms with Crippen LogP contribution in [0.3, 0.4) is 0 Å². The van der Waals surface area contributed by atoms with Gasteiger partial charge in [-0.2, -0.15) is 0 Å². The van der Waals surface area contributed by atoms with Crippen LogP contribution < -0.4 is 10.1 Å². The molecule has 108 valence electrons. The maximum Gasteiger partial charge on any atom is 0.262 e. The third-order valence-corrected chi connectivity index (χ3v) is 4.60. The number of halogens is 3. The second kappa shape index (κ2) is 5.87. The lowest BCUT2D eigenvalue weighted by atomic mass is 10.0. The fourth-order valence-electron chi connectivity index (χ4n) is 2.15. The number of fused-ring (bicyclic) bond motifs is 1. The van der Waals surface area contributed by atoms with Crippen molar-refractivity contribution in [1.29, 1.82) is 0 Å². The third-order valence-electron chi connectivity index (χ3n) is 3.16. The van der Waals surface area contributed by atoms with E-state index in [0.717, 1.165) is 15.6 Å². The molecule has 0 saturated heterocycles. The molecule has 0 spiro atoms. The summed E-state index contributed by atoms with van der Waals surface area (Å²) in [6.07, 6.45) is 0. The number of nitrogens with one attached hydrogen (secondary N) is 1. The smallest absolute Gasteiger partial charge is 0.262 e. The first-order valence-corrected chi connectivity index (χ1v) is 7.81. The van der Waals surface area contributed by atoms with Crippen molar-refractivity contribution in [1.82, 2.24) is 0 Å². The number of amides is 1. The molecule has 0 aromatic heterocycles. The van der Waals surface area contributed by atoms with E-state index in [1.807, 2.05) is 24.3 Å². The molecule has 0 bridgehead atoms. The second-order valence-electron chi connectivity index (χ2n) is 4.62. The highest BCUT2D eigenvalue weighted by molar-refractivity contribution is 9.10. The quantitative estimate of drug-likeness (QED) is 0.755. The number of hydrogen-bond donors (Lipinski definition) is 1. The van der Waals surface area contributed by atoms with Gasteiger partial charge in [0, 0.05) is 9.50 Å². The van der Waals surface area contributed by atoms with E-state index in [1.165, 1.54) is 0 Å². The Balaban J connectivity index is 1.98. The van der Waals surface area contributed by atoms with Crippen molar-refractivity contribution < 1.29 is 9.53 Å². The first kappa shape index (κ1) is 14.7. The van der Waals surface area contributed by atoms with Crippen LogP contribution in [0.1, 0.15) is 16.5 Å². The number of rotatable bonds is 2. The molecular weight excluding hydrogens is 377 g/mol. The zero-order chi connectivity index (χ0) is 15.0. The summed E-state index contributed by atoms with van der Waals surface area (Å²) in [6.45, 7) is 0.0382. The first-order valence-electron chi connectivity index (χ1n) is 6.20. The zero-order valence-corrected chi connectivity index (χ0v) is 13.8. The van der Waals surface area contributed by atoms with Gasteiger partial charge in [-0.3, -0.25) is 4.79 Å². The van der Waals surface area contributed by atoms with Crippen LogP contribution in [0.15, 0.2) is 40.9 Å². The van der Waals surface area contributed by atoms with Gasteiger partial charge in [0.2, 0.25) is 0 Å². The molecule has 1 amide bonds. The largest absolute Gasteiger partial charge is 0.482 e. The van der Waals surface area contributed by atoms with Crippen LogP contribution in [0.5, 0.6) is 5.75 Å². The molecule has 6 heteroatoms. The van der Waals surface area contributed by atoms with Gasteiger partial charge in [-0.05, 0) is 41.5 Å². The van der Waals surface area contributed by atoms with Gasteiger partial charge in [0.15, 0.2) is 6.61 Å². The van der Waals surface area contributed by atoms with Gasteiger partial charge < -0.3 is 10.1 Å². The zero-order valence-electron chi connectivity index (χ0n) is 10.7. The molecule has 1 N–H and O–H groups in total. The van der Waals surface area contributed by atoms with Crippen LogP contribution in [0, 0.1) is 0 Å². The van der Waals surface area contributed by atoms with Gasteiger partial charge in [-0.15, -0.1) is 11.6 Å². The van der Waals surface area contributed by atoms with E-state index in [0.29, 0.717) is 16.5 Å². The summed E-state index contributed by atoms with van der Waals surface area (Å²) in [5.74, 6) is 0.474. The summed E-state index contributed by atoms with van der Waals surface area (Å²) in [5.41, 5.74) is 2.35. The molecule has 2 aromatic rings. The lowest BCUT2D eigenvalue weighted by molar-refractivity contribution is -0.118. The summed E-state index contributed by atoms with van der Waals surface area (Å²) in [7, 11) is 0. The fraction of sp³-hybridized carbons (Fsp3) is 0.133. The van der Waals surface area contributed by atoms with Gasteiger partial charge in [-0.25, -0.2) is 0 Å². The molecule has 3 rings (SSSR count). The van der Waals surface area contributed by atoms with Gasteiger partial charge in [0.1, 0.15) is 5.75 Å². The van der Waals surface area contributed by atoms with Gasteiger partial charge in [0.25, 0.3) is 5.91 Å². The minimum atomic E-state index is -0.387. The number of alkyl halides is 1. The lowest BCUT2D eigenvalue weighted by Gasteiger charge is -2.20. The van der Waals surface area contributed by atoms with Gasteiger partial charge in [-0.1, -0.05) is 33.6 Å². The highest BCUT2D eigenvalue weighted by Gasteiger charge is 2.20. The van der Waals surface area contributed by atoms with Gasteiger partial charge >= 0.3 is 0 Å². The van der Waals surface area contributed by atoms with E-state index in [9.17, 15) is 4.79 Å². The molecule has 0 aliphatic carbocycles. The molecule has 1 unspecified atom stereocenters. The van der Waals surface area contributed by atoms with Crippen molar-refractivity contribution in [2.24, 2.45) is 0 Å². The number of anilines is 1. The van der Waals surface area contributed by atoms with E-state index < -0.39 is 0 Å². The van der Waals surface area contributed by atoms with Crippen molar-refractivity contribution >= 4 is 50.7 Å². The minimum absolute atomic E-state index is 0.0382. The van der Waals surface area contributed by atoms with Crippen LogP contribution in [0.4, 0.5) is 5.69 Å². The summed E-state index contributed by atoms with van der Waals surface area (Å²) in [4.78, 5) is 11.4. The average Bonchev–Trinajstić information content (AvgIpc) is 2.48. The molecule has 1 heterocycles. The Morgan fingerprint density at radius 1 is 1.24 bits per heavy atom. The summed E-state index contributed by atoms with van der Waals surface area (Å²) in [5, 5.41) is 3.00. The van der Waals surface area contributed by atoms with E-state index in [-0.39, 0.29) is 17.9 Å². The minimum Gasteiger partial charge on any atom is -0.482 e. The molecular formula is C15H10BrCl2NO2. The molecule has 1 atom stereocenters. The standard InChI is InChI=1S/C15H10BrCl2NO2/c16-11-3-2-9(17)6-10(11)15(18)8-1-4-13-12(5-8)19-14(20)7-21-13/h1-6,15H,7H2,(H,19,20). The van der Waals surface area contributed by atoms with Crippen molar-refractivity contribution in [2.45, 2.75) is 5.38 Å². The predicted octanol–water partition coefficient (Wildman–Crippen LogP) is 4.76. The third kappa shape index (κ3) is 3.03. The molecule has 21 heavy (non-hydrogen) atoms. The van der Waals surface area contributed by atoms with E-state index in [1.54, 1.807) is 12.1 Å². The Kier molecular flexibility index (Phi) is 4.11. The number of benzene rings is 2. The van der Waals surface area contributed by atoms with Crippen LogP contribution in [0.25, 0.3) is 0 Å². The molecule has 2 aromatic carbocycles. The molecule has 3 nitrogen and oxygen atoms in total. The average molecular weight is 387 g/mol. The predicted molar refractivity (Wildman–Crippen MR) is 87.4 cm³/mol. The lowest BCUT2D eigenvalue weighted by Crippen LogP contribution is -2.25. The number of carbonyl (C=O) groups excluding carboxylic acids is 1. The highest BCUT2D eigenvalue weighted by atomic mass is 79.9. The molecule has 0 radical (unpaired) electrons. The fourth-order valence-corrected chi connectivity index (χ4v) is 3.25. The van der Waals surface area contributed by atoms with E-state index >= 15 is 0 Å². The topological polar surface area (TPSA) is 38.3 Å². The maximum absolute atomic E-state index is 11.4. The number of hydrogen-bond acceptors (Lipinski definition) is 2. The Morgan fingerprint density at radius 3 is 2.86 bits per heavy atom. The Bertz CT molecular complexity index is 721. The van der Waals surface area contributed by atoms with Crippen molar-refractivity contribution in [3.63, 3.8) is 0 Å². The SMILES string of the molecule is O=C1COc2ccc(C(Cl)c3cc(Cl)ccc3Br)cc2N1. The van der Waals surface area contributed by atoms with Crippen LogP contribution in [0.2, 0.25) is 5.02 Å². The van der Waals surface area contributed by atoms with Crippen molar-refractivity contribution in [3.8, 4) is 5.75 Å². The number of carbonyl (C=O) groups is 1. The van der Waals surface area contributed by atoms with Crippen LogP contribution in [-0.2, 0) is 4.79 Å². The number of ether oxygens (including phenoxy) is 1.